The predicted octanol–water partition coefficient (Wildman–Crippen LogP) is 2.27. The third-order valence-electron chi connectivity index (χ3n) is 4.82. The second kappa shape index (κ2) is 6.51. The van der Waals surface area contributed by atoms with E-state index in [1.54, 1.807) is 23.9 Å². The van der Waals surface area contributed by atoms with E-state index in [9.17, 15) is 9.18 Å². The molecule has 0 radical (unpaired) electrons. The average Bonchev–Trinajstić information content (AvgIpc) is 3.22. The fraction of sp³-hybridized carbons (Fsp3) is 0.105. The Bertz CT molecular complexity index is 1250. The molecule has 0 fully saturated rings. The summed E-state index contributed by atoms with van der Waals surface area (Å²) in [6, 6.07) is 12.8. The highest BCUT2D eigenvalue weighted by Crippen LogP contribution is 2.41. The minimum atomic E-state index is -0.517. The Morgan fingerprint density at radius 3 is 2.59 bits per heavy atom. The summed E-state index contributed by atoms with van der Waals surface area (Å²) in [4.78, 5) is 12.6. The molecule has 1 atom stereocenters. The number of ether oxygens (including phenoxy) is 1. The number of anilines is 2. The van der Waals surface area contributed by atoms with Gasteiger partial charge in [0.15, 0.2) is 0 Å². The van der Waals surface area contributed by atoms with Crippen LogP contribution in [0.5, 0.6) is 5.75 Å². The van der Waals surface area contributed by atoms with Crippen molar-refractivity contribution >= 4 is 11.6 Å². The average molecular weight is 391 g/mol. The molecule has 5 rings (SSSR count). The van der Waals surface area contributed by atoms with Crippen LogP contribution in [-0.2, 0) is 0 Å². The third kappa shape index (κ3) is 2.73. The van der Waals surface area contributed by atoms with Gasteiger partial charge in [0.05, 0.1) is 12.8 Å². The summed E-state index contributed by atoms with van der Waals surface area (Å²) in [5, 5.41) is 21.5. The smallest absolute Gasteiger partial charge is 0.288 e. The van der Waals surface area contributed by atoms with Gasteiger partial charge in [0, 0.05) is 11.1 Å². The molecule has 144 valence electrons. The van der Waals surface area contributed by atoms with Crippen LogP contribution in [0.1, 0.15) is 17.2 Å². The van der Waals surface area contributed by atoms with Gasteiger partial charge >= 0.3 is 0 Å². The van der Waals surface area contributed by atoms with Crippen LogP contribution >= 0.6 is 0 Å². The van der Waals surface area contributed by atoms with Gasteiger partial charge in [0.2, 0.25) is 5.95 Å². The van der Waals surface area contributed by atoms with Crippen molar-refractivity contribution < 1.29 is 9.13 Å². The van der Waals surface area contributed by atoms with E-state index >= 15 is 0 Å². The molecular weight excluding hydrogens is 377 g/mol. The first-order valence-corrected chi connectivity index (χ1v) is 8.73. The number of halogens is 1. The highest BCUT2D eigenvalue weighted by atomic mass is 19.1. The maximum Gasteiger partial charge on any atom is 0.288 e. The Kier molecular flexibility index (Phi) is 3.83. The van der Waals surface area contributed by atoms with Gasteiger partial charge in [-0.3, -0.25) is 4.79 Å². The predicted molar refractivity (Wildman–Crippen MR) is 102 cm³/mol. The van der Waals surface area contributed by atoms with E-state index < -0.39 is 11.6 Å². The molecule has 4 aromatic rings. The molecule has 0 bridgehead atoms. The first-order valence-electron chi connectivity index (χ1n) is 8.73. The Morgan fingerprint density at radius 1 is 1.10 bits per heavy atom. The van der Waals surface area contributed by atoms with Crippen LogP contribution in [0.3, 0.4) is 0 Å². The van der Waals surface area contributed by atoms with Crippen LogP contribution in [0, 0.1) is 5.82 Å². The van der Waals surface area contributed by atoms with Gasteiger partial charge in [-0.1, -0.05) is 17.2 Å². The standard InChI is InChI=1S/C19H14FN7O2/c1-29-13-8-4-11(5-9-13)17-14-15(10-2-6-12(20)7-3-10)22-23-18(28)16(14)21-19-24-25-26-27(17)19/h2-9,17H,1H3,(H,23,28)(H,21,24,26)/t17-/m0/s1. The lowest BCUT2D eigenvalue weighted by atomic mass is 9.92. The summed E-state index contributed by atoms with van der Waals surface area (Å²) < 4.78 is 20.3. The third-order valence-corrected chi connectivity index (χ3v) is 4.82. The van der Waals surface area contributed by atoms with E-state index in [4.69, 9.17) is 4.74 Å². The molecule has 9 nitrogen and oxygen atoms in total. The van der Waals surface area contributed by atoms with Crippen molar-refractivity contribution in [2.75, 3.05) is 12.4 Å². The lowest BCUT2D eigenvalue weighted by Gasteiger charge is -2.27. The van der Waals surface area contributed by atoms with E-state index in [0.717, 1.165) is 5.56 Å². The van der Waals surface area contributed by atoms with Crippen molar-refractivity contribution in [3.05, 3.63) is 75.8 Å². The van der Waals surface area contributed by atoms with Gasteiger partial charge in [-0.2, -0.15) is 9.78 Å². The number of aromatic nitrogens is 6. The number of fused-ring (bicyclic) bond motifs is 2. The normalized spacial score (nSPS) is 14.6. The summed E-state index contributed by atoms with van der Waals surface area (Å²) in [6.45, 7) is 0. The van der Waals surface area contributed by atoms with Gasteiger partial charge < -0.3 is 10.1 Å². The molecule has 1 aliphatic rings. The Labute approximate surface area is 163 Å². The summed E-state index contributed by atoms with van der Waals surface area (Å²) in [5.41, 5.74) is 2.45. The summed E-state index contributed by atoms with van der Waals surface area (Å²) in [6.07, 6.45) is 0. The van der Waals surface area contributed by atoms with Gasteiger partial charge in [-0.05, 0) is 52.4 Å². The van der Waals surface area contributed by atoms with E-state index in [2.05, 4.69) is 31.0 Å². The number of nitrogens with zero attached hydrogens (tertiary/aromatic N) is 5. The molecule has 10 heteroatoms. The van der Waals surface area contributed by atoms with Crippen LogP contribution in [0.2, 0.25) is 0 Å². The molecule has 1 aliphatic heterocycles. The molecule has 0 unspecified atom stereocenters. The molecule has 2 N–H and O–H groups in total. The van der Waals surface area contributed by atoms with Crippen molar-refractivity contribution in [2.24, 2.45) is 0 Å². The van der Waals surface area contributed by atoms with Crippen molar-refractivity contribution in [3.8, 4) is 17.0 Å². The molecular formula is C19H14FN7O2. The monoisotopic (exact) mass is 391 g/mol. The number of nitrogens with one attached hydrogen (secondary N) is 2. The second-order valence-electron chi connectivity index (χ2n) is 6.44. The molecule has 2 aromatic carbocycles. The van der Waals surface area contributed by atoms with Crippen LogP contribution in [-0.4, -0.2) is 37.5 Å². The lowest BCUT2D eigenvalue weighted by Crippen LogP contribution is -2.29. The number of aromatic amines is 1. The molecule has 2 aromatic heterocycles. The zero-order valence-electron chi connectivity index (χ0n) is 15.1. The fourth-order valence-electron chi connectivity index (χ4n) is 3.46. The van der Waals surface area contributed by atoms with E-state index in [0.29, 0.717) is 34.2 Å². The Hall–Kier alpha value is -4.08. The summed E-state index contributed by atoms with van der Waals surface area (Å²) in [5.74, 6) is 0.669. The Morgan fingerprint density at radius 2 is 1.86 bits per heavy atom. The molecule has 0 spiro atoms. The molecule has 29 heavy (non-hydrogen) atoms. The van der Waals surface area contributed by atoms with Crippen LogP contribution in [0.25, 0.3) is 11.3 Å². The van der Waals surface area contributed by atoms with Crippen molar-refractivity contribution in [1.82, 2.24) is 30.4 Å². The molecule has 0 amide bonds. The SMILES string of the molecule is COc1ccc([C@H]2c3c(-c4ccc(F)cc4)n[nH]c(=O)c3Nc3nnnn32)cc1. The van der Waals surface area contributed by atoms with Gasteiger partial charge in [0.25, 0.3) is 5.56 Å². The van der Waals surface area contributed by atoms with E-state index in [1.165, 1.54) is 12.1 Å². The zero-order valence-corrected chi connectivity index (χ0v) is 15.1. The van der Waals surface area contributed by atoms with Gasteiger partial charge in [-0.15, -0.1) is 0 Å². The number of hydrogen-bond acceptors (Lipinski definition) is 7. The van der Waals surface area contributed by atoms with Gasteiger partial charge in [-0.25, -0.2) is 9.49 Å². The number of tetrazole rings is 1. The number of hydrogen-bond donors (Lipinski definition) is 2. The maximum atomic E-state index is 13.4. The van der Waals surface area contributed by atoms with Crippen LogP contribution in [0.15, 0.2) is 53.3 Å². The van der Waals surface area contributed by atoms with E-state index in [-0.39, 0.29) is 5.82 Å². The summed E-state index contributed by atoms with van der Waals surface area (Å²) >= 11 is 0. The summed E-state index contributed by atoms with van der Waals surface area (Å²) in [7, 11) is 1.59. The zero-order chi connectivity index (χ0) is 20.0. The van der Waals surface area contributed by atoms with Gasteiger partial charge in [0.1, 0.15) is 23.3 Å². The number of methoxy groups -OCH3 is 1. The number of H-pyrrole nitrogens is 1. The van der Waals surface area contributed by atoms with Crippen molar-refractivity contribution in [3.63, 3.8) is 0 Å². The molecule has 0 saturated heterocycles. The molecule has 0 aliphatic carbocycles. The highest BCUT2D eigenvalue weighted by Gasteiger charge is 2.34. The molecule has 3 heterocycles. The maximum absolute atomic E-state index is 13.4. The lowest BCUT2D eigenvalue weighted by molar-refractivity contribution is 0.414. The second-order valence-corrected chi connectivity index (χ2v) is 6.44. The Balaban J connectivity index is 1.78. The minimum Gasteiger partial charge on any atom is -0.497 e. The fourth-order valence-corrected chi connectivity index (χ4v) is 3.46. The van der Waals surface area contributed by atoms with Crippen molar-refractivity contribution in [2.45, 2.75) is 6.04 Å². The largest absolute Gasteiger partial charge is 0.497 e. The minimum absolute atomic E-state index is 0.294. The first-order chi connectivity index (χ1) is 14.2. The first kappa shape index (κ1) is 17.0. The number of rotatable bonds is 3. The molecule has 0 saturated carbocycles. The van der Waals surface area contributed by atoms with Crippen molar-refractivity contribution in [1.29, 1.82) is 0 Å². The topological polar surface area (TPSA) is 111 Å². The van der Waals surface area contributed by atoms with Crippen LogP contribution in [0.4, 0.5) is 16.0 Å². The van der Waals surface area contributed by atoms with Crippen LogP contribution < -0.4 is 15.6 Å². The van der Waals surface area contributed by atoms with E-state index in [1.807, 2.05) is 24.3 Å². The highest BCUT2D eigenvalue weighted by molar-refractivity contribution is 5.75. The quantitative estimate of drug-likeness (QED) is 0.485. The number of benzene rings is 2.